The van der Waals surface area contributed by atoms with E-state index >= 15 is 0 Å². The first kappa shape index (κ1) is 18.2. The van der Waals surface area contributed by atoms with Crippen LogP contribution < -0.4 is 5.32 Å². The molecule has 3 aromatic heterocycles. The number of carboxylic acid groups (broad SMARTS) is 1. The molecule has 146 valence electrons. The second-order valence-corrected chi connectivity index (χ2v) is 6.81. The van der Waals surface area contributed by atoms with Crippen LogP contribution in [0.5, 0.6) is 0 Å². The minimum absolute atomic E-state index is 0.00890. The molecule has 1 saturated carbocycles. The van der Waals surface area contributed by atoms with Crippen LogP contribution >= 0.6 is 0 Å². The van der Waals surface area contributed by atoms with E-state index in [1.165, 1.54) is 0 Å². The van der Waals surface area contributed by atoms with Gasteiger partial charge in [-0.3, -0.25) is 9.89 Å². The van der Waals surface area contributed by atoms with Crippen LogP contribution in [0.2, 0.25) is 0 Å². The van der Waals surface area contributed by atoms with Crippen molar-refractivity contribution in [2.75, 3.05) is 5.32 Å². The van der Waals surface area contributed by atoms with Crippen molar-refractivity contribution in [3.05, 3.63) is 35.8 Å². The van der Waals surface area contributed by atoms with Gasteiger partial charge < -0.3 is 10.4 Å². The van der Waals surface area contributed by atoms with E-state index in [-0.39, 0.29) is 34.3 Å². The maximum Gasteiger partial charge on any atom is 0.306 e. The Morgan fingerprint density at radius 2 is 2.00 bits per heavy atom. The summed E-state index contributed by atoms with van der Waals surface area (Å²) in [7, 11) is 0. The monoisotopic (exact) mass is 391 g/mol. The predicted octanol–water partition coefficient (Wildman–Crippen LogP) is 3.49. The fourth-order valence-electron chi connectivity index (χ4n) is 3.53. The van der Waals surface area contributed by atoms with Crippen LogP contribution in [-0.4, -0.2) is 37.3 Å². The number of hydrogen-bond donors (Lipinski definition) is 3. The number of carbonyl (C=O) groups is 1. The lowest BCUT2D eigenvalue weighted by atomic mass is 9.86. The third-order valence-electron chi connectivity index (χ3n) is 4.90. The Balaban J connectivity index is 1.68. The molecule has 7 nitrogen and oxygen atoms in total. The van der Waals surface area contributed by atoms with Crippen molar-refractivity contribution in [2.24, 2.45) is 5.92 Å². The lowest BCUT2D eigenvalue weighted by molar-refractivity contribution is -0.142. The molecule has 10 heteroatoms. The normalized spacial score (nSPS) is 19.7. The van der Waals surface area contributed by atoms with Crippen LogP contribution in [0.25, 0.3) is 22.4 Å². The minimum atomic E-state index is -0.951. The van der Waals surface area contributed by atoms with Crippen molar-refractivity contribution in [2.45, 2.75) is 31.7 Å². The molecule has 3 N–H and O–H groups in total. The molecular formula is C18H16F3N5O2. The molecule has 2 unspecified atom stereocenters. The fourth-order valence-corrected chi connectivity index (χ4v) is 3.53. The number of aromatic amines is 1. The molecule has 3 heterocycles. The van der Waals surface area contributed by atoms with Gasteiger partial charge in [0.05, 0.1) is 17.5 Å². The number of anilines is 1. The van der Waals surface area contributed by atoms with Crippen molar-refractivity contribution in [3.8, 4) is 11.4 Å². The van der Waals surface area contributed by atoms with E-state index in [9.17, 15) is 23.1 Å². The van der Waals surface area contributed by atoms with Crippen LogP contribution in [0.1, 0.15) is 25.7 Å². The van der Waals surface area contributed by atoms with Crippen molar-refractivity contribution in [3.63, 3.8) is 0 Å². The van der Waals surface area contributed by atoms with Gasteiger partial charge in [-0.25, -0.2) is 23.1 Å². The maximum atomic E-state index is 14.4. The molecule has 0 aliphatic heterocycles. The first-order valence-electron chi connectivity index (χ1n) is 8.77. The van der Waals surface area contributed by atoms with Gasteiger partial charge in [0.1, 0.15) is 17.2 Å². The Morgan fingerprint density at radius 1 is 1.18 bits per heavy atom. The maximum absolute atomic E-state index is 14.4. The van der Waals surface area contributed by atoms with Gasteiger partial charge in [-0.1, -0.05) is 6.42 Å². The molecule has 1 aliphatic rings. The largest absolute Gasteiger partial charge is 0.481 e. The number of carboxylic acids is 1. The number of halogens is 3. The summed E-state index contributed by atoms with van der Waals surface area (Å²) in [5.74, 6) is -4.09. The molecule has 0 aromatic carbocycles. The van der Waals surface area contributed by atoms with Crippen LogP contribution in [0.4, 0.5) is 19.0 Å². The first-order chi connectivity index (χ1) is 13.4. The number of pyridine rings is 2. The topological polar surface area (TPSA) is 104 Å². The Labute approximate surface area is 157 Å². The third-order valence-corrected chi connectivity index (χ3v) is 4.90. The van der Waals surface area contributed by atoms with E-state index in [0.29, 0.717) is 31.7 Å². The molecule has 0 radical (unpaired) electrons. The standard InChI is InChI=1S/C18H16F3N5O2/c19-9-5-11-14(25-26-16(11)22-7-9)15-12(20)6-13(21)17(24-15)23-10-3-1-2-8(4-10)18(27)28/h5-8,10H,1-4H2,(H,23,24)(H,27,28)(H,22,25,26). The van der Waals surface area contributed by atoms with Crippen LogP contribution in [-0.2, 0) is 4.79 Å². The number of fused-ring (bicyclic) bond motifs is 1. The molecule has 0 bridgehead atoms. The van der Waals surface area contributed by atoms with Gasteiger partial charge in [-0.05, 0) is 25.3 Å². The fraction of sp³-hybridized carbons (Fsp3) is 0.333. The summed E-state index contributed by atoms with van der Waals surface area (Å²) in [5.41, 5.74) is -0.00392. The van der Waals surface area contributed by atoms with Gasteiger partial charge in [0.15, 0.2) is 23.1 Å². The van der Waals surface area contributed by atoms with Gasteiger partial charge in [0.25, 0.3) is 0 Å². The zero-order chi connectivity index (χ0) is 19.8. The van der Waals surface area contributed by atoms with E-state index in [0.717, 1.165) is 12.3 Å². The van der Waals surface area contributed by atoms with Gasteiger partial charge in [-0.15, -0.1) is 0 Å². The number of nitrogens with one attached hydrogen (secondary N) is 2. The van der Waals surface area contributed by atoms with E-state index in [4.69, 9.17) is 0 Å². The lowest BCUT2D eigenvalue weighted by Gasteiger charge is -2.28. The highest BCUT2D eigenvalue weighted by Gasteiger charge is 2.28. The molecule has 0 amide bonds. The van der Waals surface area contributed by atoms with Crippen LogP contribution in [0, 0.1) is 23.4 Å². The van der Waals surface area contributed by atoms with Crippen LogP contribution in [0.3, 0.4) is 0 Å². The Morgan fingerprint density at radius 3 is 2.79 bits per heavy atom. The van der Waals surface area contributed by atoms with Gasteiger partial charge >= 0.3 is 5.97 Å². The predicted molar refractivity (Wildman–Crippen MR) is 94.0 cm³/mol. The molecule has 1 aliphatic carbocycles. The number of H-pyrrole nitrogens is 1. The number of rotatable bonds is 4. The highest BCUT2D eigenvalue weighted by molar-refractivity contribution is 5.89. The van der Waals surface area contributed by atoms with Crippen LogP contribution in [0.15, 0.2) is 18.3 Å². The highest BCUT2D eigenvalue weighted by Crippen LogP contribution is 2.31. The molecule has 1 fully saturated rings. The first-order valence-corrected chi connectivity index (χ1v) is 8.77. The zero-order valence-corrected chi connectivity index (χ0v) is 14.5. The minimum Gasteiger partial charge on any atom is -0.481 e. The average Bonchev–Trinajstić information content (AvgIpc) is 3.07. The second-order valence-electron chi connectivity index (χ2n) is 6.81. The molecular weight excluding hydrogens is 375 g/mol. The van der Waals surface area contributed by atoms with E-state index < -0.39 is 29.3 Å². The Bertz CT molecular complexity index is 1060. The SMILES string of the molecule is O=C(O)C1CCCC(Nc2nc(-c3n[nH]c4ncc(F)cc34)c(F)cc2F)C1. The molecule has 0 saturated heterocycles. The van der Waals surface area contributed by atoms with E-state index in [1.807, 2.05) is 0 Å². The summed E-state index contributed by atoms with van der Waals surface area (Å²) in [4.78, 5) is 19.1. The van der Waals surface area contributed by atoms with E-state index in [2.05, 4.69) is 25.5 Å². The van der Waals surface area contributed by atoms with Gasteiger partial charge in [-0.2, -0.15) is 5.10 Å². The van der Waals surface area contributed by atoms with Gasteiger partial charge in [0, 0.05) is 12.1 Å². The van der Waals surface area contributed by atoms with Crippen molar-refractivity contribution in [1.29, 1.82) is 0 Å². The molecule has 28 heavy (non-hydrogen) atoms. The van der Waals surface area contributed by atoms with Crippen molar-refractivity contribution in [1.82, 2.24) is 20.2 Å². The van der Waals surface area contributed by atoms with Crippen molar-refractivity contribution >= 4 is 22.8 Å². The summed E-state index contributed by atoms with van der Waals surface area (Å²) in [6.07, 6.45) is 3.21. The molecule has 2 atom stereocenters. The number of hydrogen-bond acceptors (Lipinski definition) is 5. The average molecular weight is 391 g/mol. The summed E-state index contributed by atoms with van der Waals surface area (Å²) in [5, 5.41) is 18.8. The Hall–Kier alpha value is -3.17. The quantitative estimate of drug-likeness (QED) is 0.629. The lowest BCUT2D eigenvalue weighted by Crippen LogP contribution is -2.31. The summed E-state index contributed by atoms with van der Waals surface area (Å²) in [6.45, 7) is 0. The highest BCUT2D eigenvalue weighted by atomic mass is 19.1. The number of nitrogens with zero attached hydrogens (tertiary/aromatic N) is 3. The second kappa shape index (κ2) is 7.10. The number of aromatic nitrogens is 4. The summed E-state index contributed by atoms with van der Waals surface area (Å²) < 4.78 is 42.2. The van der Waals surface area contributed by atoms with Gasteiger partial charge in [0.2, 0.25) is 0 Å². The zero-order valence-electron chi connectivity index (χ0n) is 14.5. The Kier molecular flexibility index (Phi) is 4.62. The third kappa shape index (κ3) is 3.37. The smallest absolute Gasteiger partial charge is 0.306 e. The summed E-state index contributed by atoms with van der Waals surface area (Å²) >= 11 is 0. The molecule has 4 rings (SSSR count). The van der Waals surface area contributed by atoms with Crippen molar-refractivity contribution < 1.29 is 23.1 Å². The number of aliphatic carboxylic acids is 1. The molecule has 0 spiro atoms. The summed E-state index contributed by atoms with van der Waals surface area (Å²) in [6, 6.07) is 1.51. The van der Waals surface area contributed by atoms with E-state index in [1.54, 1.807) is 0 Å². The molecule has 3 aromatic rings.